The minimum absolute atomic E-state index is 0.0777. The Hall–Kier alpha value is -1.42. The fourth-order valence-electron chi connectivity index (χ4n) is 3.01. The Labute approximate surface area is 130 Å². The van der Waals surface area contributed by atoms with E-state index in [4.69, 9.17) is 21.1 Å². The topological polar surface area (TPSA) is 55.8 Å². The summed E-state index contributed by atoms with van der Waals surface area (Å²) >= 11 is 6.15. The molecule has 1 aromatic rings. The minimum atomic E-state index is -0.928. The zero-order valence-electron chi connectivity index (χ0n) is 12.6. The van der Waals surface area contributed by atoms with Gasteiger partial charge >= 0.3 is 5.97 Å². The van der Waals surface area contributed by atoms with E-state index in [1.54, 1.807) is 12.1 Å². The molecule has 1 saturated carbocycles. The summed E-state index contributed by atoms with van der Waals surface area (Å²) in [5.74, 6) is 0.165. The Bertz CT molecular complexity index is 533. The molecule has 2 rings (SSSR count). The first-order chi connectivity index (χ1) is 9.90. The van der Waals surface area contributed by atoms with E-state index in [0.29, 0.717) is 34.9 Å². The number of benzene rings is 1. The fourth-order valence-corrected chi connectivity index (χ4v) is 3.22. The second-order valence-electron chi connectivity index (χ2n) is 5.75. The molecule has 0 spiro atoms. The van der Waals surface area contributed by atoms with Gasteiger partial charge in [-0.15, -0.1) is 0 Å². The maximum atomic E-state index is 11.9. The first-order valence-electron chi connectivity index (χ1n) is 7.19. The van der Waals surface area contributed by atoms with E-state index in [2.05, 4.69) is 0 Å². The standard InChI is InChI=1S/C16H21ClO4/c1-10(2)21-14-12(8-11(17)9-13(14)20-3)16(15(18)19)6-4-5-7-16/h8-10H,4-7H2,1-3H3,(H,18,19). The predicted molar refractivity (Wildman–Crippen MR) is 81.5 cm³/mol. The number of carbonyl (C=O) groups is 1. The van der Waals surface area contributed by atoms with E-state index in [0.717, 1.165) is 12.8 Å². The molecule has 0 saturated heterocycles. The van der Waals surface area contributed by atoms with E-state index >= 15 is 0 Å². The van der Waals surface area contributed by atoms with Gasteiger partial charge in [0.2, 0.25) is 0 Å². The van der Waals surface area contributed by atoms with E-state index < -0.39 is 11.4 Å². The van der Waals surface area contributed by atoms with Gasteiger partial charge in [-0.05, 0) is 32.8 Å². The lowest BCUT2D eigenvalue weighted by Crippen LogP contribution is -2.33. The Morgan fingerprint density at radius 1 is 1.33 bits per heavy atom. The molecule has 4 nitrogen and oxygen atoms in total. The molecule has 1 aromatic carbocycles. The average molecular weight is 313 g/mol. The van der Waals surface area contributed by atoms with Crippen molar-refractivity contribution in [2.24, 2.45) is 0 Å². The highest BCUT2D eigenvalue weighted by Gasteiger charge is 2.45. The van der Waals surface area contributed by atoms with E-state index in [-0.39, 0.29) is 6.10 Å². The summed E-state index contributed by atoms with van der Waals surface area (Å²) in [4.78, 5) is 11.9. The molecule has 0 heterocycles. The third-order valence-electron chi connectivity index (χ3n) is 3.98. The third-order valence-corrected chi connectivity index (χ3v) is 4.19. The third kappa shape index (κ3) is 2.95. The Morgan fingerprint density at radius 2 is 1.95 bits per heavy atom. The van der Waals surface area contributed by atoms with Gasteiger partial charge in [-0.2, -0.15) is 0 Å². The van der Waals surface area contributed by atoms with Crippen LogP contribution in [0.1, 0.15) is 45.1 Å². The van der Waals surface area contributed by atoms with Crippen LogP contribution in [0.25, 0.3) is 0 Å². The highest BCUT2D eigenvalue weighted by Crippen LogP contribution is 2.49. The van der Waals surface area contributed by atoms with Crippen molar-refractivity contribution in [1.29, 1.82) is 0 Å². The van der Waals surface area contributed by atoms with E-state index in [1.807, 2.05) is 13.8 Å². The van der Waals surface area contributed by atoms with Crippen LogP contribution >= 0.6 is 11.6 Å². The second-order valence-corrected chi connectivity index (χ2v) is 6.18. The molecule has 0 radical (unpaired) electrons. The van der Waals surface area contributed by atoms with Gasteiger partial charge in [0.25, 0.3) is 0 Å². The van der Waals surface area contributed by atoms with Crippen molar-refractivity contribution >= 4 is 17.6 Å². The molecule has 0 aromatic heterocycles. The molecular formula is C16H21ClO4. The molecule has 21 heavy (non-hydrogen) atoms. The van der Waals surface area contributed by atoms with Crippen LogP contribution in [0.15, 0.2) is 12.1 Å². The molecular weight excluding hydrogens is 292 g/mol. The number of aliphatic carboxylic acids is 1. The number of ether oxygens (including phenoxy) is 2. The Kier molecular flexibility index (Phi) is 4.67. The van der Waals surface area contributed by atoms with Crippen molar-refractivity contribution in [3.05, 3.63) is 22.7 Å². The van der Waals surface area contributed by atoms with Crippen molar-refractivity contribution < 1.29 is 19.4 Å². The van der Waals surface area contributed by atoms with Crippen LogP contribution in [0.3, 0.4) is 0 Å². The predicted octanol–water partition coefficient (Wildman–Crippen LogP) is 4.03. The van der Waals surface area contributed by atoms with Gasteiger partial charge in [-0.3, -0.25) is 4.79 Å². The number of hydrogen-bond donors (Lipinski definition) is 1. The lowest BCUT2D eigenvalue weighted by atomic mass is 9.78. The van der Waals surface area contributed by atoms with Crippen molar-refractivity contribution in [2.75, 3.05) is 7.11 Å². The number of hydrogen-bond acceptors (Lipinski definition) is 3. The van der Waals surface area contributed by atoms with Crippen LogP contribution in [0.4, 0.5) is 0 Å². The Balaban J connectivity index is 2.65. The number of carboxylic acid groups (broad SMARTS) is 1. The van der Waals surface area contributed by atoms with Crippen molar-refractivity contribution in [3.8, 4) is 11.5 Å². The summed E-state index contributed by atoms with van der Waals surface area (Å²) in [6, 6.07) is 3.37. The highest BCUT2D eigenvalue weighted by molar-refractivity contribution is 6.31. The maximum Gasteiger partial charge on any atom is 0.314 e. The monoisotopic (exact) mass is 312 g/mol. The molecule has 0 bridgehead atoms. The first-order valence-corrected chi connectivity index (χ1v) is 7.56. The smallest absolute Gasteiger partial charge is 0.314 e. The van der Waals surface area contributed by atoms with Gasteiger partial charge in [-0.1, -0.05) is 24.4 Å². The van der Waals surface area contributed by atoms with Gasteiger partial charge in [0, 0.05) is 16.7 Å². The summed E-state index contributed by atoms with van der Waals surface area (Å²) < 4.78 is 11.2. The quantitative estimate of drug-likeness (QED) is 0.891. The summed E-state index contributed by atoms with van der Waals surface area (Å²) in [5, 5.41) is 10.3. The number of methoxy groups -OCH3 is 1. The second kappa shape index (κ2) is 6.14. The summed E-state index contributed by atoms with van der Waals surface area (Å²) in [6.07, 6.45) is 2.90. The van der Waals surface area contributed by atoms with Gasteiger partial charge in [-0.25, -0.2) is 0 Å². The SMILES string of the molecule is COc1cc(Cl)cc(C2(C(=O)O)CCCC2)c1OC(C)C. The maximum absolute atomic E-state index is 11.9. The van der Waals surface area contributed by atoms with E-state index in [9.17, 15) is 9.90 Å². The van der Waals surface area contributed by atoms with Crippen molar-refractivity contribution in [1.82, 2.24) is 0 Å². The molecule has 1 aliphatic rings. The van der Waals surface area contributed by atoms with Gasteiger partial charge in [0.1, 0.15) is 0 Å². The van der Waals surface area contributed by atoms with Crippen LogP contribution in [0.5, 0.6) is 11.5 Å². The zero-order valence-corrected chi connectivity index (χ0v) is 13.4. The summed E-state index contributed by atoms with van der Waals surface area (Å²) in [6.45, 7) is 3.81. The van der Waals surface area contributed by atoms with Gasteiger partial charge in [0.15, 0.2) is 11.5 Å². The van der Waals surface area contributed by atoms with Crippen LogP contribution in [-0.2, 0) is 10.2 Å². The largest absolute Gasteiger partial charge is 0.493 e. The molecule has 0 unspecified atom stereocenters. The van der Waals surface area contributed by atoms with Crippen LogP contribution < -0.4 is 9.47 Å². The molecule has 1 fully saturated rings. The molecule has 0 amide bonds. The lowest BCUT2D eigenvalue weighted by molar-refractivity contribution is -0.143. The van der Waals surface area contributed by atoms with Gasteiger partial charge < -0.3 is 14.6 Å². The van der Waals surface area contributed by atoms with Crippen molar-refractivity contribution in [3.63, 3.8) is 0 Å². The van der Waals surface area contributed by atoms with E-state index in [1.165, 1.54) is 7.11 Å². The molecule has 1 aliphatic carbocycles. The zero-order chi connectivity index (χ0) is 15.6. The van der Waals surface area contributed by atoms with Gasteiger partial charge in [0.05, 0.1) is 18.6 Å². The molecule has 116 valence electrons. The molecule has 0 atom stereocenters. The molecule has 5 heteroatoms. The number of rotatable bonds is 5. The first kappa shape index (κ1) is 16.0. The summed E-state index contributed by atoms with van der Waals surface area (Å²) in [5.41, 5.74) is -0.298. The minimum Gasteiger partial charge on any atom is -0.493 e. The van der Waals surface area contributed by atoms with Crippen molar-refractivity contribution in [2.45, 2.75) is 51.0 Å². The molecule has 0 aliphatic heterocycles. The number of carboxylic acids is 1. The van der Waals surface area contributed by atoms with Crippen LogP contribution in [0.2, 0.25) is 5.02 Å². The highest BCUT2D eigenvalue weighted by atomic mass is 35.5. The van der Waals surface area contributed by atoms with Crippen LogP contribution in [-0.4, -0.2) is 24.3 Å². The number of halogens is 1. The lowest BCUT2D eigenvalue weighted by Gasteiger charge is -2.28. The normalized spacial score (nSPS) is 17.0. The summed E-state index contributed by atoms with van der Waals surface area (Å²) in [7, 11) is 1.53. The fraction of sp³-hybridized carbons (Fsp3) is 0.562. The average Bonchev–Trinajstić information content (AvgIpc) is 2.90. The molecule has 1 N–H and O–H groups in total. The van der Waals surface area contributed by atoms with Crippen LogP contribution in [0, 0.1) is 0 Å². The Morgan fingerprint density at radius 3 is 2.43 bits per heavy atom.